The zero-order chi connectivity index (χ0) is 16.4. The lowest BCUT2D eigenvalue weighted by atomic mass is 10.2. The highest BCUT2D eigenvalue weighted by atomic mass is 35.5. The first-order valence-corrected chi connectivity index (χ1v) is 8.02. The molecule has 0 fully saturated rings. The Bertz CT molecular complexity index is 929. The number of hydrogen-bond donors (Lipinski definition) is 1. The molecule has 3 rings (SSSR count). The smallest absolute Gasteiger partial charge is 0.216 e. The monoisotopic (exact) mass is 382 g/mol. The SMILES string of the molecule is S=c1[nH]nc(-c2ccc(Cl)cc2)n1/N=C\c1cccc(Cl)c1Cl. The Morgan fingerprint density at radius 2 is 1.83 bits per heavy atom. The minimum Gasteiger partial charge on any atom is -0.250 e. The predicted octanol–water partition coefficient (Wildman–Crippen LogP) is 5.45. The van der Waals surface area contributed by atoms with E-state index in [4.69, 9.17) is 47.0 Å². The Hall–Kier alpha value is -1.66. The van der Waals surface area contributed by atoms with E-state index in [1.54, 1.807) is 30.5 Å². The molecule has 0 amide bonds. The largest absolute Gasteiger partial charge is 0.250 e. The quantitative estimate of drug-likeness (QED) is 0.483. The molecular weight excluding hydrogens is 375 g/mol. The first kappa shape index (κ1) is 16.2. The first-order valence-electron chi connectivity index (χ1n) is 6.48. The molecule has 0 aliphatic rings. The average molecular weight is 384 g/mol. The topological polar surface area (TPSA) is 46.0 Å². The van der Waals surface area contributed by atoms with Crippen molar-refractivity contribution in [3.63, 3.8) is 0 Å². The van der Waals surface area contributed by atoms with E-state index in [9.17, 15) is 0 Å². The van der Waals surface area contributed by atoms with Gasteiger partial charge >= 0.3 is 0 Å². The fraction of sp³-hybridized carbons (Fsp3) is 0. The van der Waals surface area contributed by atoms with Crippen LogP contribution in [0, 0.1) is 4.77 Å². The number of nitrogens with one attached hydrogen (secondary N) is 1. The molecule has 0 aliphatic heterocycles. The van der Waals surface area contributed by atoms with Crippen molar-refractivity contribution in [3.05, 3.63) is 67.9 Å². The van der Waals surface area contributed by atoms with Crippen LogP contribution < -0.4 is 0 Å². The fourth-order valence-corrected chi connectivity index (χ4v) is 2.59. The van der Waals surface area contributed by atoms with Gasteiger partial charge in [-0.25, -0.2) is 5.10 Å². The zero-order valence-electron chi connectivity index (χ0n) is 11.5. The second-order valence-corrected chi connectivity index (χ2v) is 6.17. The van der Waals surface area contributed by atoms with Crippen LogP contribution in [0.4, 0.5) is 0 Å². The van der Waals surface area contributed by atoms with Crippen LogP contribution in [0.25, 0.3) is 11.4 Å². The Kier molecular flexibility index (Phi) is 4.82. The van der Waals surface area contributed by atoms with Crippen molar-refractivity contribution >= 4 is 53.2 Å². The van der Waals surface area contributed by atoms with Gasteiger partial charge in [0, 0.05) is 16.1 Å². The molecule has 1 heterocycles. The second kappa shape index (κ2) is 6.84. The second-order valence-electron chi connectivity index (χ2n) is 4.56. The number of hydrogen-bond acceptors (Lipinski definition) is 3. The Balaban J connectivity index is 2.02. The molecular formula is C15H9Cl3N4S. The summed E-state index contributed by atoms with van der Waals surface area (Å²) in [5.74, 6) is 0.570. The van der Waals surface area contributed by atoms with Crippen LogP contribution in [-0.2, 0) is 0 Å². The van der Waals surface area contributed by atoms with Crippen LogP contribution in [0.3, 0.4) is 0 Å². The molecule has 2 aromatic carbocycles. The molecule has 0 radical (unpaired) electrons. The van der Waals surface area contributed by atoms with Gasteiger partial charge in [0.15, 0.2) is 5.82 Å². The van der Waals surface area contributed by atoms with Gasteiger partial charge in [-0.15, -0.1) is 0 Å². The van der Waals surface area contributed by atoms with Crippen molar-refractivity contribution in [2.45, 2.75) is 0 Å². The van der Waals surface area contributed by atoms with E-state index < -0.39 is 0 Å². The Labute approximate surface area is 152 Å². The molecule has 0 atom stereocenters. The van der Waals surface area contributed by atoms with Crippen molar-refractivity contribution in [1.82, 2.24) is 14.9 Å². The van der Waals surface area contributed by atoms with Crippen molar-refractivity contribution in [1.29, 1.82) is 0 Å². The predicted molar refractivity (Wildman–Crippen MR) is 97.3 cm³/mol. The van der Waals surface area contributed by atoms with Gasteiger partial charge in [-0.1, -0.05) is 46.9 Å². The highest BCUT2D eigenvalue weighted by Crippen LogP contribution is 2.24. The third kappa shape index (κ3) is 3.48. The van der Waals surface area contributed by atoms with E-state index in [0.29, 0.717) is 31.2 Å². The summed E-state index contributed by atoms with van der Waals surface area (Å²) in [4.78, 5) is 0. The molecule has 0 spiro atoms. The van der Waals surface area contributed by atoms with Crippen LogP contribution in [0.5, 0.6) is 0 Å². The van der Waals surface area contributed by atoms with Gasteiger partial charge in [0.1, 0.15) is 0 Å². The number of aromatic nitrogens is 3. The van der Waals surface area contributed by atoms with Crippen molar-refractivity contribution in [2.24, 2.45) is 5.10 Å². The maximum absolute atomic E-state index is 6.15. The van der Waals surface area contributed by atoms with Gasteiger partial charge in [-0.3, -0.25) is 0 Å². The molecule has 4 nitrogen and oxygen atoms in total. The van der Waals surface area contributed by atoms with E-state index in [2.05, 4.69) is 15.3 Å². The van der Waals surface area contributed by atoms with Crippen LogP contribution in [0.2, 0.25) is 15.1 Å². The minimum atomic E-state index is 0.365. The summed E-state index contributed by atoms with van der Waals surface area (Å²) >= 11 is 23.3. The van der Waals surface area contributed by atoms with Crippen molar-refractivity contribution in [2.75, 3.05) is 0 Å². The van der Waals surface area contributed by atoms with Crippen molar-refractivity contribution < 1.29 is 0 Å². The number of rotatable bonds is 3. The molecule has 23 heavy (non-hydrogen) atoms. The summed E-state index contributed by atoms with van der Waals surface area (Å²) in [6.45, 7) is 0. The third-order valence-electron chi connectivity index (χ3n) is 3.05. The van der Waals surface area contributed by atoms with Gasteiger partial charge in [-0.2, -0.15) is 14.9 Å². The number of nitrogens with zero attached hydrogens (tertiary/aromatic N) is 3. The molecule has 3 aromatic rings. The van der Waals surface area contributed by atoms with E-state index in [-0.39, 0.29) is 0 Å². The fourth-order valence-electron chi connectivity index (χ4n) is 1.92. The molecule has 0 unspecified atom stereocenters. The summed E-state index contributed by atoms with van der Waals surface area (Å²) in [7, 11) is 0. The molecule has 8 heteroatoms. The number of benzene rings is 2. The molecule has 0 bridgehead atoms. The Morgan fingerprint density at radius 1 is 1.09 bits per heavy atom. The molecule has 1 N–H and O–H groups in total. The van der Waals surface area contributed by atoms with Gasteiger partial charge in [0.05, 0.1) is 16.3 Å². The average Bonchev–Trinajstić information content (AvgIpc) is 2.91. The minimum absolute atomic E-state index is 0.365. The van der Waals surface area contributed by atoms with Crippen molar-refractivity contribution in [3.8, 4) is 11.4 Å². The maximum Gasteiger partial charge on any atom is 0.216 e. The van der Waals surface area contributed by atoms with Crippen LogP contribution in [0.1, 0.15) is 5.56 Å². The summed E-state index contributed by atoms with van der Waals surface area (Å²) in [5.41, 5.74) is 1.51. The highest BCUT2D eigenvalue weighted by Gasteiger charge is 2.08. The number of aromatic amines is 1. The summed E-state index contributed by atoms with van der Waals surface area (Å²) in [6, 6.07) is 12.5. The van der Waals surface area contributed by atoms with Gasteiger partial charge in [0.2, 0.25) is 4.77 Å². The number of H-pyrrole nitrogens is 1. The zero-order valence-corrected chi connectivity index (χ0v) is 14.6. The van der Waals surface area contributed by atoms with Gasteiger partial charge in [0.25, 0.3) is 0 Å². The lowest BCUT2D eigenvalue weighted by Crippen LogP contribution is -1.95. The summed E-state index contributed by atoms with van der Waals surface area (Å²) < 4.78 is 1.87. The summed E-state index contributed by atoms with van der Waals surface area (Å²) in [5, 5.41) is 12.8. The van der Waals surface area contributed by atoms with E-state index in [0.717, 1.165) is 5.56 Å². The molecule has 0 saturated heterocycles. The van der Waals surface area contributed by atoms with E-state index in [1.165, 1.54) is 4.68 Å². The Morgan fingerprint density at radius 3 is 2.57 bits per heavy atom. The van der Waals surface area contributed by atoms with Gasteiger partial charge < -0.3 is 0 Å². The molecule has 1 aromatic heterocycles. The van der Waals surface area contributed by atoms with Crippen LogP contribution in [-0.4, -0.2) is 21.1 Å². The van der Waals surface area contributed by atoms with E-state index >= 15 is 0 Å². The van der Waals surface area contributed by atoms with Gasteiger partial charge in [-0.05, 0) is 42.5 Å². The lowest BCUT2D eigenvalue weighted by molar-refractivity contribution is 0.871. The standard InChI is InChI=1S/C15H9Cl3N4S/c16-11-6-4-9(5-7-11)14-20-21-15(23)22(14)19-8-10-2-1-3-12(17)13(10)18/h1-8H,(H,21,23)/b19-8-. The maximum atomic E-state index is 6.15. The summed E-state index contributed by atoms with van der Waals surface area (Å²) in [6.07, 6.45) is 1.58. The normalized spacial score (nSPS) is 11.3. The lowest BCUT2D eigenvalue weighted by Gasteiger charge is -2.02. The molecule has 0 saturated carbocycles. The number of halogens is 3. The van der Waals surface area contributed by atoms with Crippen LogP contribution in [0.15, 0.2) is 47.6 Å². The van der Waals surface area contributed by atoms with E-state index in [1.807, 2.05) is 18.2 Å². The first-order chi connectivity index (χ1) is 11.1. The molecule has 116 valence electrons. The van der Waals surface area contributed by atoms with Crippen LogP contribution >= 0.6 is 47.0 Å². The third-order valence-corrected chi connectivity index (χ3v) is 4.40. The molecule has 0 aliphatic carbocycles. The highest BCUT2D eigenvalue weighted by molar-refractivity contribution is 7.71.